The predicted octanol–water partition coefficient (Wildman–Crippen LogP) is 9.11. The molecular weight excluding hydrogens is 551 g/mol. The molecule has 214 valence electrons. The highest BCUT2D eigenvalue weighted by Gasteiger charge is 2.33. The monoisotopic (exact) mass is 594 g/mol. The van der Waals surface area contributed by atoms with Gasteiger partial charge in [0.05, 0.1) is 0 Å². The first-order valence-corrected chi connectivity index (χ1v) is 15.3. The molecule has 0 atom stereocenters. The van der Waals surface area contributed by atoms with Crippen molar-refractivity contribution in [2.24, 2.45) is 0 Å². The Morgan fingerprint density at radius 2 is 1.27 bits per heavy atom. The number of hydrogen-bond donors (Lipinski definition) is 1. The molecule has 1 N–H and O–H groups in total. The minimum Gasteiger partial charge on any atom is -0.312 e. The molecule has 1 fully saturated rings. The fourth-order valence-corrected chi connectivity index (χ4v) is 7.02. The average Bonchev–Trinajstić information content (AvgIpc) is 3.51. The van der Waals surface area contributed by atoms with E-state index < -0.39 is 0 Å². The third-order valence-electron chi connectivity index (χ3n) is 8.43. The summed E-state index contributed by atoms with van der Waals surface area (Å²) in [6.45, 7) is 5.65. The van der Waals surface area contributed by atoms with Gasteiger partial charge < -0.3 is 10.2 Å². The lowest BCUT2D eigenvalue weighted by molar-refractivity contribution is 0.203. The minimum atomic E-state index is 0. The van der Waals surface area contributed by atoms with Crippen LogP contribution in [0.15, 0.2) is 109 Å². The van der Waals surface area contributed by atoms with Gasteiger partial charge in [-0.3, -0.25) is 0 Å². The molecule has 4 aromatic rings. The van der Waals surface area contributed by atoms with Crippen LogP contribution in [0.5, 0.6) is 0 Å². The summed E-state index contributed by atoms with van der Waals surface area (Å²) in [6.07, 6.45) is 7.30. The Bertz CT molecular complexity index is 1140. The number of thiophene rings is 1. The molecule has 40 heavy (non-hydrogen) atoms. The van der Waals surface area contributed by atoms with Crippen molar-refractivity contribution in [2.75, 3.05) is 26.2 Å². The molecule has 0 radical (unpaired) electrons. The summed E-state index contributed by atoms with van der Waals surface area (Å²) in [5.41, 5.74) is 4.50. The van der Waals surface area contributed by atoms with Gasteiger partial charge in [-0.15, -0.1) is 36.2 Å². The van der Waals surface area contributed by atoms with E-state index in [1.54, 1.807) is 0 Å². The minimum absolute atomic E-state index is 0. The molecule has 1 aliphatic rings. The maximum absolute atomic E-state index is 3.69. The normalized spacial score (nSPS) is 14.3. The van der Waals surface area contributed by atoms with Crippen LogP contribution in [0.2, 0.25) is 0 Å². The molecule has 5 rings (SSSR count). The van der Waals surface area contributed by atoms with E-state index in [1.807, 2.05) is 11.3 Å². The van der Waals surface area contributed by atoms with E-state index in [0.717, 1.165) is 31.8 Å². The van der Waals surface area contributed by atoms with Crippen molar-refractivity contribution in [3.63, 3.8) is 0 Å². The van der Waals surface area contributed by atoms with Crippen LogP contribution in [0.25, 0.3) is 0 Å². The number of piperidine rings is 1. The molecule has 0 amide bonds. The third-order valence-corrected chi connectivity index (χ3v) is 9.30. The first kappa shape index (κ1) is 32.4. The summed E-state index contributed by atoms with van der Waals surface area (Å²) >= 11 is 1.84. The van der Waals surface area contributed by atoms with Crippen LogP contribution in [-0.4, -0.2) is 31.1 Å². The van der Waals surface area contributed by atoms with Gasteiger partial charge >= 0.3 is 0 Å². The van der Waals surface area contributed by atoms with Gasteiger partial charge in [0.25, 0.3) is 0 Å². The van der Waals surface area contributed by atoms with Crippen LogP contribution >= 0.6 is 36.2 Å². The molecular formula is C35H44Cl2N2S. The van der Waals surface area contributed by atoms with Gasteiger partial charge in [0, 0.05) is 16.8 Å². The van der Waals surface area contributed by atoms with E-state index >= 15 is 0 Å². The van der Waals surface area contributed by atoms with Crippen molar-refractivity contribution in [1.29, 1.82) is 0 Å². The fraction of sp³-hybridized carbons (Fsp3) is 0.371. The van der Waals surface area contributed by atoms with E-state index in [9.17, 15) is 0 Å². The number of halogens is 2. The number of nitrogens with zero attached hydrogens (tertiary/aromatic N) is 1. The Morgan fingerprint density at radius 3 is 1.85 bits per heavy atom. The van der Waals surface area contributed by atoms with E-state index in [4.69, 9.17) is 0 Å². The average molecular weight is 596 g/mol. The van der Waals surface area contributed by atoms with Gasteiger partial charge in [-0.2, -0.15) is 0 Å². The quantitative estimate of drug-likeness (QED) is 0.155. The van der Waals surface area contributed by atoms with Gasteiger partial charge in [-0.25, -0.2) is 0 Å². The molecule has 1 aromatic heterocycles. The second-order valence-electron chi connectivity index (χ2n) is 10.8. The van der Waals surface area contributed by atoms with Crippen molar-refractivity contribution in [3.05, 3.63) is 130 Å². The van der Waals surface area contributed by atoms with Gasteiger partial charge in [-0.05, 0) is 98.8 Å². The number of benzene rings is 3. The molecule has 2 heterocycles. The van der Waals surface area contributed by atoms with Gasteiger partial charge in [0.2, 0.25) is 0 Å². The zero-order chi connectivity index (χ0) is 25.9. The van der Waals surface area contributed by atoms with Crippen LogP contribution < -0.4 is 5.32 Å². The highest BCUT2D eigenvalue weighted by Crippen LogP contribution is 2.41. The third kappa shape index (κ3) is 8.68. The lowest BCUT2D eigenvalue weighted by atomic mass is 9.68. The van der Waals surface area contributed by atoms with Gasteiger partial charge in [0.1, 0.15) is 0 Å². The van der Waals surface area contributed by atoms with Crippen molar-refractivity contribution in [2.45, 2.75) is 56.4 Å². The maximum atomic E-state index is 3.69. The molecule has 0 unspecified atom stereocenters. The van der Waals surface area contributed by atoms with Gasteiger partial charge in [0.15, 0.2) is 0 Å². The summed E-state index contributed by atoms with van der Waals surface area (Å²) in [5, 5.41) is 5.85. The fourth-order valence-electron chi connectivity index (χ4n) is 6.34. The summed E-state index contributed by atoms with van der Waals surface area (Å²) in [6, 6.07) is 38.1. The number of likely N-dealkylation sites (tertiary alicyclic amines) is 1. The second-order valence-corrected chi connectivity index (χ2v) is 11.8. The Balaban J connectivity index is 0.00000220. The Hall–Kier alpha value is -2.14. The van der Waals surface area contributed by atoms with E-state index in [1.165, 1.54) is 66.9 Å². The number of nitrogens with one attached hydrogen (secondary N) is 1. The van der Waals surface area contributed by atoms with Gasteiger partial charge in [-0.1, -0.05) is 97.1 Å². The predicted molar refractivity (Wildman–Crippen MR) is 178 cm³/mol. The summed E-state index contributed by atoms with van der Waals surface area (Å²) in [5.74, 6) is 0.724. The Kier molecular flexibility index (Phi) is 13.7. The highest BCUT2D eigenvalue weighted by atomic mass is 35.5. The number of hydrogen-bond acceptors (Lipinski definition) is 3. The largest absolute Gasteiger partial charge is 0.312 e. The Morgan fingerprint density at radius 1 is 0.700 bits per heavy atom. The SMILES string of the molecule is Cl.Cl.c1ccc(C2CCN(CCCC(CCCNCc3cccs3)(c3ccccc3)c3ccccc3)CC2)cc1. The van der Waals surface area contributed by atoms with Crippen molar-refractivity contribution < 1.29 is 0 Å². The molecule has 0 aliphatic carbocycles. The molecule has 3 aromatic carbocycles. The van der Waals surface area contributed by atoms with Crippen molar-refractivity contribution in [3.8, 4) is 0 Å². The van der Waals surface area contributed by atoms with E-state index in [-0.39, 0.29) is 30.2 Å². The molecule has 0 spiro atoms. The molecule has 0 bridgehead atoms. The Labute approximate surface area is 258 Å². The van der Waals surface area contributed by atoms with Crippen LogP contribution in [0, 0.1) is 0 Å². The zero-order valence-electron chi connectivity index (χ0n) is 23.4. The molecule has 1 saturated heterocycles. The lowest BCUT2D eigenvalue weighted by Crippen LogP contribution is -2.35. The van der Waals surface area contributed by atoms with Crippen LogP contribution in [0.3, 0.4) is 0 Å². The summed E-state index contributed by atoms with van der Waals surface area (Å²) in [7, 11) is 0. The molecule has 1 aliphatic heterocycles. The second kappa shape index (κ2) is 17.0. The standard InChI is InChI=1S/C35H42N2S.2ClH/c1-4-13-30(14-5-1)31-20-26-37(27-21-31)25-12-23-35(32-15-6-2-7-16-32,33-17-8-3-9-18-33)22-11-24-36-29-34-19-10-28-38-34;;/h1-10,13-19,28,31,36H,11-12,20-27,29H2;2*1H. The summed E-state index contributed by atoms with van der Waals surface area (Å²) in [4.78, 5) is 4.13. The van der Waals surface area contributed by atoms with E-state index in [2.05, 4.69) is 119 Å². The van der Waals surface area contributed by atoms with Crippen molar-refractivity contribution in [1.82, 2.24) is 10.2 Å². The smallest absolute Gasteiger partial charge is 0.0299 e. The van der Waals surface area contributed by atoms with E-state index in [0.29, 0.717) is 0 Å². The summed E-state index contributed by atoms with van der Waals surface area (Å²) < 4.78 is 0. The van der Waals surface area contributed by atoms with Crippen LogP contribution in [0.4, 0.5) is 0 Å². The molecule has 5 heteroatoms. The van der Waals surface area contributed by atoms with Crippen LogP contribution in [-0.2, 0) is 12.0 Å². The highest BCUT2D eigenvalue weighted by molar-refractivity contribution is 7.09. The zero-order valence-corrected chi connectivity index (χ0v) is 25.9. The van der Waals surface area contributed by atoms with Crippen molar-refractivity contribution >= 4 is 36.2 Å². The number of rotatable bonds is 13. The lowest BCUT2D eigenvalue weighted by Gasteiger charge is -2.37. The first-order valence-electron chi connectivity index (χ1n) is 14.4. The first-order chi connectivity index (χ1) is 18.8. The topological polar surface area (TPSA) is 15.3 Å². The molecule has 2 nitrogen and oxygen atoms in total. The molecule has 0 saturated carbocycles. The van der Waals surface area contributed by atoms with Crippen LogP contribution in [0.1, 0.15) is 66.0 Å². The maximum Gasteiger partial charge on any atom is 0.0299 e.